The Bertz CT molecular complexity index is 953. The number of aryl methyl sites for hydroxylation is 3. The van der Waals surface area contributed by atoms with E-state index in [1.165, 1.54) is 5.56 Å². The van der Waals surface area contributed by atoms with Crippen molar-refractivity contribution in [2.75, 3.05) is 37.7 Å². The maximum absolute atomic E-state index is 12.6. The lowest BCUT2D eigenvalue weighted by Gasteiger charge is -2.34. The van der Waals surface area contributed by atoms with Crippen molar-refractivity contribution in [2.45, 2.75) is 20.8 Å². The molecule has 0 radical (unpaired) electrons. The van der Waals surface area contributed by atoms with E-state index in [-0.39, 0.29) is 12.5 Å². The highest BCUT2D eigenvalue weighted by Crippen LogP contribution is 2.28. The third-order valence-electron chi connectivity index (χ3n) is 5.00. The number of aromatic nitrogens is 2. The highest BCUT2D eigenvalue weighted by Gasteiger charge is 2.23. The minimum Gasteiger partial charge on any atom is -0.483 e. The lowest BCUT2D eigenvalue weighted by molar-refractivity contribution is -0.133. The Kier molecular flexibility index (Phi) is 5.17. The number of carbonyl (C=O) groups is 1. The molecule has 0 spiro atoms. The van der Waals surface area contributed by atoms with E-state index in [4.69, 9.17) is 4.74 Å². The van der Waals surface area contributed by atoms with Crippen molar-refractivity contribution in [3.05, 3.63) is 47.2 Å². The van der Waals surface area contributed by atoms with Crippen molar-refractivity contribution < 1.29 is 9.53 Å². The molecule has 7 heteroatoms. The van der Waals surface area contributed by atoms with E-state index in [2.05, 4.69) is 33.9 Å². The molecule has 1 aromatic carbocycles. The van der Waals surface area contributed by atoms with Crippen molar-refractivity contribution in [3.63, 3.8) is 0 Å². The molecular formula is C21H24N4O2S. The summed E-state index contributed by atoms with van der Waals surface area (Å²) < 4.78 is 5.87. The van der Waals surface area contributed by atoms with Gasteiger partial charge < -0.3 is 14.5 Å². The fourth-order valence-corrected chi connectivity index (χ4v) is 4.62. The fraction of sp³-hybridized carbons (Fsp3) is 0.381. The average Bonchev–Trinajstić information content (AvgIpc) is 3.11. The molecule has 1 saturated heterocycles. The van der Waals surface area contributed by atoms with Crippen LogP contribution >= 0.6 is 11.3 Å². The zero-order chi connectivity index (χ0) is 19.7. The molecule has 1 fully saturated rings. The van der Waals surface area contributed by atoms with Crippen LogP contribution in [0.5, 0.6) is 5.75 Å². The van der Waals surface area contributed by atoms with Gasteiger partial charge in [0, 0.05) is 32.4 Å². The highest BCUT2D eigenvalue weighted by atomic mass is 32.1. The number of rotatable bonds is 4. The van der Waals surface area contributed by atoms with E-state index in [0.29, 0.717) is 13.1 Å². The molecule has 6 nitrogen and oxygen atoms in total. The second-order valence-electron chi connectivity index (χ2n) is 7.21. The van der Waals surface area contributed by atoms with Crippen LogP contribution in [0.3, 0.4) is 0 Å². The van der Waals surface area contributed by atoms with E-state index in [9.17, 15) is 4.79 Å². The topological polar surface area (TPSA) is 58.6 Å². The lowest BCUT2D eigenvalue weighted by Crippen LogP contribution is -2.50. The van der Waals surface area contributed by atoms with Crippen molar-refractivity contribution in [3.8, 4) is 5.75 Å². The van der Waals surface area contributed by atoms with Crippen LogP contribution < -0.4 is 9.64 Å². The average molecular weight is 397 g/mol. The van der Waals surface area contributed by atoms with Gasteiger partial charge in [0.15, 0.2) is 11.7 Å². The third kappa shape index (κ3) is 3.80. The molecule has 1 aliphatic rings. The molecular weight excluding hydrogens is 372 g/mol. The molecule has 1 aliphatic heterocycles. The third-order valence-corrected chi connectivity index (χ3v) is 6.04. The van der Waals surface area contributed by atoms with Crippen LogP contribution in [0.4, 0.5) is 5.13 Å². The summed E-state index contributed by atoms with van der Waals surface area (Å²) >= 11 is 1.60. The Morgan fingerprint density at radius 3 is 2.54 bits per heavy atom. The van der Waals surface area contributed by atoms with Gasteiger partial charge in [-0.05, 0) is 44.0 Å². The quantitative estimate of drug-likeness (QED) is 0.677. The van der Waals surface area contributed by atoms with Gasteiger partial charge in [0.05, 0.1) is 0 Å². The first-order chi connectivity index (χ1) is 13.5. The maximum Gasteiger partial charge on any atom is 0.260 e. The molecule has 1 amide bonds. The molecule has 146 valence electrons. The predicted octanol–water partition coefficient (Wildman–Crippen LogP) is 3.34. The summed E-state index contributed by atoms with van der Waals surface area (Å²) in [5.74, 6) is 0.851. The summed E-state index contributed by atoms with van der Waals surface area (Å²) in [6.45, 7) is 9.08. The Morgan fingerprint density at radius 1 is 1.14 bits per heavy atom. The molecule has 28 heavy (non-hydrogen) atoms. The Balaban J connectivity index is 1.34. The van der Waals surface area contributed by atoms with Crippen LogP contribution in [-0.2, 0) is 4.79 Å². The van der Waals surface area contributed by atoms with Crippen LogP contribution in [0.25, 0.3) is 10.3 Å². The number of amides is 1. The summed E-state index contributed by atoms with van der Waals surface area (Å²) in [7, 11) is 0. The summed E-state index contributed by atoms with van der Waals surface area (Å²) in [5.41, 5.74) is 4.27. The zero-order valence-electron chi connectivity index (χ0n) is 16.4. The second-order valence-corrected chi connectivity index (χ2v) is 8.16. The number of anilines is 1. The van der Waals surface area contributed by atoms with Crippen molar-refractivity contribution in [1.82, 2.24) is 14.9 Å². The number of piperazine rings is 1. The molecule has 3 heterocycles. The summed E-state index contributed by atoms with van der Waals surface area (Å²) in [4.78, 5) is 26.7. The number of thiazole rings is 1. The monoisotopic (exact) mass is 396 g/mol. The number of hydrogen-bond donors (Lipinski definition) is 0. The number of ether oxygens (including phenoxy) is 1. The molecule has 2 aromatic heterocycles. The van der Waals surface area contributed by atoms with Crippen molar-refractivity contribution in [1.29, 1.82) is 0 Å². The standard InChI is InChI=1S/C21H24N4O2S/c1-14-11-15(2)19(16(3)12-14)27-13-18(26)24-7-9-25(10-8-24)21-23-17-5-4-6-22-20(17)28-21/h4-6,11-12H,7-10,13H2,1-3H3. The van der Waals surface area contributed by atoms with E-state index < -0.39 is 0 Å². The summed E-state index contributed by atoms with van der Waals surface area (Å²) in [6, 6.07) is 8.05. The first-order valence-corrected chi connectivity index (χ1v) is 10.3. The van der Waals surface area contributed by atoms with Gasteiger partial charge in [-0.2, -0.15) is 0 Å². The number of benzene rings is 1. The van der Waals surface area contributed by atoms with Gasteiger partial charge in [-0.15, -0.1) is 0 Å². The van der Waals surface area contributed by atoms with Gasteiger partial charge >= 0.3 is 0 Å². The summed E-state index contributed by atoms with van der Waals surface area (Å²) in [6.07, 6.45) is 1.79. The molecule has 0 saturated carbocycles. The first-order valence-electron chi connectivity index (χ1n) is 9.46. The van der Waals surface area contributed by atoms with Crippen LogP contribution in [0.1, 0.15) is 16.7 Å². The van der Waals surface area contributed by atoms with E-state index >= 15 is 0 Å². The largest absolute Gasteiger partial charge is 0.483 e. The van der Waals surface area contributed by atoms with Crippen molar-refractivity contribution >= 4 is 32.7 Å². The Hall–Kier alpha value is -2.67. The zero-order valence-corrected chi connectivity index (χ0v) is 17.3. The van der Waals surface area contributed by atoms with Crippen LogP contribution in [0.2, 0.25) is 0 Å². The SMILES string of the molecule is Cc1cc(C)c(OCC(=O)N2CCN(c3nc4cccnc4s3)CC2)c(C)c1. The maximum atomic E-state index is 12.6. The number of hydrogen-bond acceptors (Lipinski definition) is 6. The minimum absolute atomic E-state index is 0.0324. The minimum atomic E-state index is 0.0324. The van der Waals surface area contributed by atoms with Crippen LogP contribution in [0, 0.1) is 20.8 Å². The molecule has 3 aromatic rings. The number of nitrogens with zero attached hydrogens (tertiary/aromatic N) is 4. The van der Waals surface area contributed by atoms with Gasteiger partial charge in [-0.3, -0.25) is 4.79 Å². The summed E-state index contributed by atoms with van der Waals surface area (Å²) in [5, 5.41) is 0.975. The Labute approximate surface area is 168 Å². The molecule has 4 rings (SSSR count). The molecule has 0 N–H and O–H groups in total. The number of carbonyl (C=O) groups excluding carboxylic acids is 1. The normalized spacial score (nSPS) is 14.5. The van der Waals surface area contributed by atoms with Gasteiger partial charge in [0.1, 0.15) is 16.1 Å². The molecule has 0 aliphatic carbocycles. The highest BCUT2D eigenvalue weighted by molar-refractivity contribution is 7.21. The van der Waals surface area contributed by atoms with Crippen LogP contribution in [0.15, 0.2) is 30.5 Å². The first kappa shape index (κ1) is 18.7. The molecule has 0 unspecified atom stereocenters. The predicted molar refractivity (Wildman–Crippen MR) is 112 cm³/mol. The van der Waals surface area contributed by atoms with Gasteiger partial charge in [0.25, 0.3) is 5.91 Å². The van der Waals surface area contributed by atoms with E-state index in [1.54, 1.807) is 17.5 Å². The Morgan fingerprint density at radius 2 is 1.86 bits per heavy atom. The molecule has 0 atom stereocenters. The second kappa shape index (κ2) is 7.75. The molecule has 0 bridgehead atoms. The van der Waals surface area contributed by atoms with Gasteiger partial charge in [-0.1, -0.05) is 29.0 Å². The van der Waals surface area contributed by atoms with Gasteiger partial charge in [-0.25, -0.2) is 9.97 Å². The van der Waals surface area contributed by atoms with Crippen molar-refractivity contribution in [2.24, 2.45) is 0 Å². The van der Waals surface area contributed by atoms with Gasteiger partial charge in [0.2, 0.25) is 0 Å². The fourth-order valence-electron chi connectivity index (χ4n) is 3.66. The van der Waals surface area contributed by atoms with E-state index in [0.717, 1.165) is 45.4 Å². The number of fused-ring (bicyclic) bond motifs is 1. The van der Waals surface area contributed by atoms with Crippen LogP contribution in [-0.4, -0.2) is 53.6 Å². The van der Waals surface area contributed by atoms with E-state index in [1.807, 2.05) is 30.9 Å². The lowest BCUT2D eigenvalue weighted by atomic mass is 10.1. The smallest absolute Gasteiger partial charge is 0.260 e. The number of pyridine rings is 1.